The van der Waals surface area contributed by atoms with Crippen molar-refractivity contribution in [1.82, 2.24) is 10.6 Å². The summed E-state index contributed by atoms with van der Waals surface area (Å²) in [6, 6.07) is 6.13. The van der Waals surface area contributed by atoms with Gasteiger partial charge in [-0.2, -0.15) is 0 Å². The molecule has 0 radical (unpaired) electrons. The molecule has 0 aliphatic carbocycles. The van der Waals surface area contributed by atoms with Crippen molar-refractivity contribution >= 4 is 33.3 Å². The van der Waals surface area contributed by atoms with E-state index in [1.54, 1.807) is 24.3 Å². The van der Waals surface area contributed by atoms with E-state index < -0.39 is 21.7 Å². The number of hydrogen-bond acceptors (Lipinski definition) is 4. The molecule has 1 heterocycles. The van der Waals surface area contributed by atoms with Gasteiger partial charge in [-0.1, -0.05) is 23.7 Å². The second-order valence-electron chi connectivity index (χ2n) is 4.83. The molecule has 2 N–H and O–H groups in total. The zero-order valence-corrected chi connectivity index (χ0v) is 12.7. The highest BCUT2D eigenvalue weighted by atomic mass is 35.5. The van der Waals surface area contributed by atoms with Gasteiger partial charge < -0.3 is 10.6 Å². The van der Waals surface area contributed by atoms with Crippen LogP contribution in [0.2, 0.25) is 5.02 Å². The monoisotopic (exact) mass is 330 g/mol. The van der Waals surface area contributed by atoms with Crippen molar-refractivity contribution in [2.45, 2.75) is 12.5 Å². The Labute approximate surface area is 127 Å². The lowest BCUT2D eigenvalue weighted by Gasteiger charge is -2.11. The predicted octanol–water partition coefficient (Wildman–Crippen LogP) is 0.373. The molecule has 0 aromatic heterocycles. The number of carbonyl (C=O) groups is 2. The Morgan fingerprint density at radius 2 is 2.00 bits per heavy atom. The van der Waals surface area contributed by atoms with Crippen molar-refractivity contribution in [2.75, 3.05) is 18.1 Å². The second kappa shape index (κ2) is 6.44. The Bertz CT molecular complexity index is 660. The average molecular weight is 331 g/mol. The van der Waals surface area contributed by atoms with Crippen LogP contribution in [0.1, 0.15) is 16.8 Å². The maximum Gasteiger partial charge on any atom is 0.253 e. The van der Waals surface area contributed by atoms with Gasteiger partial charge in [-0.25, -0.2) is 8.42 Å². The maximum atomic E-state index is 11.8. The van der Waals surface area contributed by atoms with E-state index in [1.165, 1.54) is 0 Å². The third kappa shape index (κ3) is 4.44. The Kier molecular flexibility index (Phi) is 4.84. The summed E-state index contributed by atoms with van der Waals surface area (Å²) in [6.45, 7) is -0.222. The first-order valence-electron chi connectivity index (χ1n) is 6.40. The summed E-state index contributed by atoms with van der Waals surface area (Å²) in [5, 5.41) is 5.34. The summed E-state index contributed by atoms with van der Waals surface area (Å²) in [4.78, 5) is 23.5. The third-order valence-corrected chi connectivity index (χ3v) is 5.22. The van der Waals surface area contributed by atoms with E-state index in [2.05, 4.69) is 10.6 Å². The molecular formula is C13H15ClN2O4S. The van der Waals surface area contributed by atoms with Crippen LogP contribution in [-0.2, 0) is 14.6 Å². The van der Waals surface area contributed by atoms with E-state index in [4.69, 9.17) is 11.6 Å². The molecule has 1 aromatic carbocycles. The number of benzene rings is 1. The van der Waals surface area contributed by atoms with Gasteiger partial charge in [0, 0.05) is 6.04 Å². The minimum Gasteiger partial charge on any atom is -0.351 e. The van der Waals surface area contributed by atoms with E-state index in [9.17, 15) is 18.0 Å². The standard InChI is InChI=1S/C13H15ClN2O4S/c14-11-4-2-1-3-10(11)13(18)15-7-12(17)16-9-5-6-21(19,20)8-9/h1-4,9H,5-8H2,(H,15,18)(H,16,17). The van der Waals surface area contributed by atoms with Gasteiger partial charge >= 0.3 is 0 Å². The number of amides is 2. The number of halogens is 1. The van der Waals surface area contributed by atoms with Crippen LogP contribution in [0.25, 0.3) is 0 Å². The number of nitrogens with one attached hydrogen (secondary N) is 2. The van der Waals surface area contributed by atoms with E-state index in [1.807, 2.05) is 0 Å². The van der Waals surface area contributed by atoms with Crippen molar-refractivity contribution in [1.29, 1.82) is 0 Å². The van der Waals surface area contributed by atoms with Gasteiger partial charge in [0.05, 0.1) is 28.6 Å². The van der Waals surface area contributed by atoms with Crippen LogP contribution in [-0.4, -0.2) is 44.3 Å². The normalized spacial score (nSPS) is 20.0. The molecule has 1 atom stereocenters. The summed E-state index contributed by atoms with van der Waals surface area (Å²) >= 11 is 5.88. The first-order chi connectivity index (χ1) is 9.87. The summed E-state index contributed by atoms with van der Waals surface area (Å²) in [6.07, 6.45) is 0.409. The van der Waals surface area contributed by atoms with Gasteiger partial charge in [-0.05, 0) is 18.6 Å². The summed E-state index contributed by atoms with van der Waals surface area (Å²) < 4.78 is 22.6. The van der Waals surface area contributed by atoms with Crippen LogP contribution >= 0.6 is 11.6 Å². The lowest BCUT2D eigenvalue weighted by atomic mass is 10.2. The summed E-state index contributed by atoms with van der Waals surface area (Å²) in [5.74, 6) is -0.825. The van der Waals surface area contributed by atoms with E-state index in [0.29, 0.717) is 11.4 Å². The molecule has 2 amide bonds. The Hall–Kier alpha value is -1.60. The van der Waals surface area contributed by atoms with Crippen LogP contribution < -0.4 is 10.6 Å². The molecular weight excluding hydrogens is 316 g/mol. The molecule has 1 saturated heterocycles. The largest absolute Gasteiger partial charge is 0.351 e. The molecule has 1 aromatic rings. The molecule has 1 aliphatic rings. The van der Waals surface area contributed by atoms with Crippen molar-refractivity contribution in [3.8, 4) is 0 Å². The minimum absolute atomic E-state index is 0.0444. The predicted molar refractivity (Wildman–Crippen MR) is 79.0 cm³/mol. The topological polar surface area (TPSA) is 92.3 Å². The van der Waals surface area contributed by atoms with Crippen LogP contribution in [0, 0.1) is 0 Å². The smallest absolute Gasteiger partial charge is 0.253 e. The van der Waals surface area contributed by atoms with Gasteiger partial charge in [-0.3, -0.25) is 9.59 Å². The lowest BCUT2D eigenvalue weighted by molar-refractivity contribution is -0.120. The molecule has 0 saturated carbocycles. The van der Waals surface area contributed by atoms with Gasteiger partial charge in [0.1, 0.15) is 0 Å². The summed E-state index contributed by atoms with van der Waals surface area (Å²) in [7, 11) is -3.04. The van der Waals surface area contributed by atoms with Gasteiger partial charge in [0.25, 0.3) is 5.91 Å². The minimum atomic E-state index is -3.04. The number of rotatable bonds is 4. The lowest BCUT2D eigenvalue weighted by Crippen LogP contribution is -2.42. The molecule has 8 heteroatoms. The number of sulfone groups is 1. The van der Waals surface area contributed by atoms with Crippen LogP contribution in [0.5, 0.6) is 0 Å². The molecule has 0 bridgehead atoms. The fourth-order valence-electron chi connectivity index (χ4n) is 2.09. The van der Waals surface area contributed by atoms with Crippen LogP contribution in [0.15, 0.2) is 24.3 Å². The first-order valence-corrected chi connectivity index (χ1v) is 8.60. The molecule has 1 unspecified atom stereocenters. The molecule has 2 rings (SSSR count). The van der Waals surface area contributed by atoms with Gasteiger partial charge in [0.15, 0.2) is 9.84 Å². The van der Waals surface area contributed by atoms with E-state index in [0.717, 1.165) is 0 Å². The van der Waals surface area contributed by atoms with Crippen LogP contribution in [0.4, 0.5) is 0 Å². The van der Waals surface area contributed by atoms with Crippen molar-refractivity contribution < 1.29 is 18.0 Å². The number of carbonyl (C=O) groups excluding carboxylic acids is 2. The Morgan fingerprint density at radius 3 is 2.62 bits per heavy atom. The average Bonchev–Trinajstić information content (AvgIpc) is 2.75. The number of hydrogen-bond donors (Lipinski definition) is 2. The van der Waals surface area contributed by atoms with Crippen LogP contribution in [0.3, 0.4) is 0 Å². The zero-order chi connectivity index (χ0) is 15.5. The molecule has 21 heavy (non-hydrogen) atoms. The Morgan fingerprint density at radius 1 is 1.29 bits per heavy atom. The fraction of sp³-hybridized carbons (Fsp3) is 0.385. The quantitative estimate of drug-likeness (QED) is 0.834. The van der Waals surface area contributed by atoms with E-state index >= 15 is 0 Å². The first kappa shape index (κ1) is 15.8. The SMILES string of the molecule is O=C(CNC(=O)c1ccccc1Cl)NC1CCS(=O)(=O)C1. The van der Waals surface area contributed by atoms with Gasteiger partial charge in [0.2, 0.25) is 5.91 Å². The van der Waals surface area contributed by atoms with Crippen molar-refractivity contribution in [3.05, 3.63) is 34.9 Å². The molecule has 6 nitrogen and oxygen atoms in total. The molecule has 114 valence electrons. The second-order valence-corrected chi connectivity index (χ2v) is 7.47. The van der Waals surface area contributed by atoms with E-state index in [-0.39, 0.29) is 29.7 Å². The highest BCUT2D eigenvalue weighted by Gasteiger charge is 2.28. The zero-order valence-electron chi connectivity index (χ0n) is 11.1. The molecule has 0 spiro atoms. The summed E-state index contributed by atoms with van der Waals surface area (Å²) in [5.41, 5.74) is 0.287. The maximum absolute atomic E-state index is 11.8. The Balaban J connectivity index is 1.82. The highest BCUT2D eigenvalue weighted by molar-refractivity contribution is 7.91. The van der Waals surface area contributed by atoms with Gasteiger partial charge in [-0.15, -0.1) is 0 Å². The fourth-order valence-corrected chi connectivity index (χ4v) is 3.98. The highest BCUT2D eigenvalue weighted by Crippen LogP contribution is 2.14. The third-order valence-electron chi connectivity index (χ3n) is 3.13. The molecule has 1 fully saturated rings. The molecule has 1 aliphatic heterocycles. The van der Waals surface area contributed by atoms with Crippen molar-refractivity contribution in [3.63, 3.8) is 0 Å². The van der Waals surface area contributed by atoms with Crippen molar-refractivity contribution in [2.24, 2.45) is 0 Å².